The number of ether oxygens (including phenoxy) is 3. The van der Waals surface area contributed by atoms with Crippen LogP contribution in [0, 0.1) is 0 Å². The molecule has 0 fully saturated rings. The summed E-state index contributed by atoms with van der Waals surface area (Å²) in [6.07, 6.45) is 85.9. The van der Waals surface area contributed by atoms with Gasteiger partial charge in [0.2, 0.25) is 0 Å². The van der Waals surface area contributed by atoms with Crippen LogP contribution in [0.5, 0.6) is 0 Å². The van der Waals surface area contributed by atoms with E-state index >= 15 is 0 Å². The summed E-state index contributed by atoms with van der Waals surface area (Å²) in [5.41, 5.74) is 0. The summed E-state index contributed by atoms with van der Waals surface area (Å²) >= 11 is 0. The smallest absolute Gasteiger partial charge is 0.306 e. The van der Waals surface area contributed by atoms with Gasteiger partial charge in [-0.1, -0.05) is 359 Å². The lowest BCUT2D eigenvalue weighted by molar-refractivity contribution is -0.167. The van der Waals surface area contributed by atoms with Crippen molar-refractivity contribution >= 4 is 17.9 Å². The third-order valence-electron chi connectivity index (χ3n) is 16.4. The first-order valence-electron chi connectivity index (χ1n) is 36.0. The van der Waals surface area contributed by atoms with Crippen LogP contribution in [-0.4, -0.2) is 37.2 Å². The van der Waals surface area contributed by atoms with Gasteiger partial charge in [0.05, 0.1) is 0 Å². The first-order chi connectivity index (χ1) is 39.5. The normalized spacial score (nSPS) is 12.2. The van der Waals surface area contributed by atoms with Gasteiger partial charge in [-0.3, -0.25) is 14.4 Å². The molecule has 470 valence electrons. The zero-order valence-corrected chi connectivity index (χ0v) is 54.1. The van der Waals surface area contributed by atoms with E-state index in [9.17, 15) is 14.4 Å². The Morgan fingerprint density at radius 3 is 0.700 bits per heavy atom. The summed E-state index contributed by atoms with van der Waals surface area (Å²) in [4.78, 5) is 38.5. The van der Waals surface area contributed by atoms with Crippen molar-refractivity contribution in [3.8, 4) is 0 Å². The first kappa shape index (κ1) is 77.6. The second-order valence-corrected chi connectivity index (χ2v) is 24.5. The molecule has 0 saturated heterocycles. The quantitative estimate of drug-likeness (QED) is 0.0261. The highest BCUT2D eigenvalue weighted by atomic mass is 16.6. The van der Waals surface area contributed by atoms with Crippen molar-refractivity contribution in [2.75, 3.05) is 13.2 Å². The molecule has 1 unspecified atom stereocenters. The van der Waals surface area contributed by atoms with E-state index in [0.29, 0.717) is 19.3 Å². The summed E-state index contributed by atoms with van der Waals surface area (Å²) in [5.74, 6) is -0.842. The SMILES string of the molecule is CCCCCCC/C=C\C/C=C\C/C=C\CCCCCCCCCCC(=O)OCC(COC(=O)CCCCCCCCCCCCCCCCCCCC)OC(=O)CCCCCCCCCCCCCCCCCCCCCCC. The Bertz CT molecular complexity index is 1340. The van der Waals surface area contributed by atoms with E-state index in [0.717, 1.165) is 77.0 Å². The van der Waals surface area contributed by atoms with Crippen molar-refractivity contribution in [3.05, 3.63) is 36.5 Å². The Morgan fingerprint density at radius 2 is 0.450 bits per heavy atom. The zero-order valence-electron chi connectivity index (χ0n) is 54.1. The van der Waals surface area contributed by atoms with Crippen LogP contribution < -0.4 is 0 Å². The number of carbonyl (C=O) groups is 3. The van der Waals surface area contributed by atoms with E-state index in [4.69, 9.17) is 14.2 Å². The molecule has 0 heterocycles. The summed E-state index contributed by atoms with van der Waals surface area (Å²) in [6, 6.07) is 0. The van der Waals surface area contributed by atoms with Crippen LogP contribution in [0.1, 0.15) is 400 Å². The fraction of sp³-hybridized carbons (Fsp3) is 0.878. The molecular formula is C74H138O6. The van der Waals surface area contributed by atoms with E-state index in [1.165, 1.54) is 283 Å². The molecule has 0 aliphatic heterocycles. The highest BCUT2D eigenvalue weighted by Crippen LogP contribution is 2.19. The number of carbonyl (C=O) groups excluding carboxylic acids is 3. The molecule has 6 heteroatoms. The lowest BCUT2D eigenvalue weighted by Gasteiger charge is -2.18. The number of hydrogen-bond donors (Lipinski definition) is 0. The molecule has 0 N–H and O–H groups in total. The highest BCUT2D eigenvalue weighted by molar-refractivity contribution is 5.71. The van der Waals surface area contributed by atoms with Crippen LogP contribution in [0.15, 0.2) is 36.5 Å². The molecule has 0 bridgehead atoms. The minimum Gasteiger partial charge on any atom is -0.462 e. The molecule has 0 rings (SSSR count). The Hall–Kier alpha value is -2.37. The highest BCUT2D eigenvalue weighted by Gasteiger charge is 2.19. The van der Waals surface area contributed by atoms with Crippen LogP contribution in [0.2, 0.25) is 0 Å². The fourth-order valence-corrected chi connectivity index (χ4v) is 11.0. The van der Waals surface area contributed by atoms with Gasteiger partial charge in [0.15, 0.2) is 6.10 Å². The molecule has 0 saturated carbocycles. The lowest BCUT2D eigenvalue weighted by Crippen LogP contribution is -2.30. The largest absolute Gasteiger partial charge is 0.462 e. The maximum Gasteiger partial charge on any atom is 0.306 e. The molecule has 0 radical (unpaired) electrons. The van der Waals surface area contributed by atoms with Gasteiger partial charge >= 0.3 is 17.9 Å². The molecule has 0 aliphatic carbocycles. The second-order valence-electron chi connectivity index (χ2n) is 24.5. The van der Waals surface area contributed by atoms with Gasteiger partial charge in [-0.25, -0.2) is 0 Å². The number of allylic oxidation sites excluding steroid dienone is 6. The Morgan fingerprint density at radius 1 is 0.250 bits per heavy atom. The predicted octanol–water partition coefficient (Wildman–Crippen LogP) is 24.7. The third kappa shape index (κ3) is 66.4. The van der Waals surface area contributed by atoms with Crippen LogP contribution in [-0.2, 0) is 28.6 Å². The van der Waals surface area contributed by atoms with E-state index < -0.39 is 6.10 Å². The van der Waals surface area contributed by atoms with Crippen molar-refractivity contribution < 1.29 is 28.6 Å². The minimum atomic E-state index is -0.773. The van der Waals surface area contributed by atoms with Crippen LogP contribution in [0.25, 0.3) is 0 Å². The van der Waals surface area contributed by atoms with Gasteiger partial charge < -0.3 is 14.2 Å². The Balaban J connectivity index is 4.32. The van der Waals surface area contributed by atoms with Crippen LogP contribution in [0.3, 0.4) is 0 Å². The lowest BCUT2D eigenvalue weighted by atomic mass is 10.0. The van der Waals surface area contributed by atoms with Gasteiger partial charge in [0.1, 0.15) is 13.2 Å². The average Bonchev–Trinajstić information content (AvgIpc) is 3.46. The minimum absolute atomic E-state index is 0.0682. The maximum atomic E-state index is 13.0. The van der Waals surface area contributed by atoms with Crippen molar-refractivity contribution in [1.29, 1.82) is 0 Å². The molecule has 0 amide bonds. The summed E-state index contributed by atoms with van der Waals surface area (Å²) in [6.45, 7) is 6.71. The third-order valence-corrected chi connectivity index (χ3v) is 16.4. The van der Waals surface area contributed by atoms with Gasteiger partial charge in [-0.05, 0) is 57.8 Å². The standard InChI is InChI=1S/C74H138O6/c1-4-7-10-13-16-19-22-25-28-31-34-36-37-39-40-43-46-49-52-55-58-61-64-67-73(76)79-70-71(69-78-72(75)66-63-60-57-54-51-48-45-42-33-30-27-24-21-18-15-12-9-6-3)80-74(77)68-65-62-59-56-53-50-47-44-41-38-35-32-29-26-23-20-17-14-11-8-5-2/h22,25,31,34,37,39,71H,4-21,23-24,26-30,32-33,35-36,38,40-70H2,1-3H3/b25-22-,34-31-,39-37-. The number of unbranched alkanes of at least 4 members (excludes halogenated alkanes) is 50. The molecule has 0 aromatic carbocycles. The van der Waals surface area contributed by atoms with E-state index in [1.807, 2.05) is 0 Å². The molecule has 1 atom stereocenters. The first-order valence-corrected chi connectivity index (χ1v) is 36.0. The fourth-order valence-electron chi connectivity index (χ4n) is 11.0. The van der Waals surface area contributed by atoms with Crippen molar-refractivity contribution in [2.45, 2.75) is 406 Å². The summed E-state index contributed by atoms with van der Waals surface area (Å²) in [7, 11) is 0. The van der Waals surface area contributed by atoms with Crippen LogP contribution >= 0.6 is 0 Å². The molecular weight excluding hydrogens is 985 g/mol. The molecule has 0 aromatic rings. The van der Waals surface area contributed by atoms with Gasteiger partial charge in [-0.2, -0.15) is 0 Å². The van der Waals surface area contributed by atoms with Crippen molar-refractivity contribution in [3.63, 3.8) is 0 Å². The molecule has 6 nitrogen and oxygen atoms in total. The monoisotopic (exact) mass is 1120 g/mol. The van der Waals surface area contributed by atoms with E-state index in [2.05, 4.69) is 57.2 Å². The van der Waals surface area contributed by atoms with Crippen molar-refractivity contribution in [1.82, 2.24) is 0 Å². The summed E-state index contributed by atoms with van der Waals surface area (Å²) < 4.78 is 17.0. The van der Waals surface area contributed by atoms with Crippen molar-refractivity contribution in [2.24, 2.45) is 0 Å². The molecule has 80 heavy (non-hydrogen) atoms. The topological polar surface area (TPSA) is 78.9 Å². The Kier molecular flexibility index (Phi) is 67.1. The molecule has 0 aromatic heterocycles. The number of esters is 3. The van der Waals surface area contributed by atoms with Gasteiger partial charge in [-0.15, -0.1) is 0 Å². The zero-order chi connectivity index (χ0) is 57.8. The molecule has 0 spiro atoms. The van der Waals surface area contributed by atoms with Gasteiger partial charge in [0, 0.05) is 19.3 Å². The van der Waals surface area contributed by atoms with E-state index in [1.54, 1.807) is 0 Å². The average molecular weight is 1120 g/mol. The summed E-state index contributed by atoms with van der Waals surface area (Å²) in [5, 5.41) is 0. The van der Waals surface area contributed by atoms with E-state index in [-0.39, 0.29) is 31.1 Å². The van der Waals surface area contributed by atoms with Crippen LogP contribution in [0.4, 0.5) is 0 Å². The second kappa shape index (κ2) is 69.1. The Labute approximate surface area is 499 Å². The van der Waals surface area contributed by atoms with Gasteiger partial charge in [0.25, 0.3) is 0 Å². The number of rotatable bonds is 67. The maximum absolute atomic E-state index is 13.0. The number of hydrogen-bond acceptors (Lipinski definition) is 6. The predicted molar refractivity (Wildman–Crippen MR) is 349 cm³/mol. The molecule has 0 aliphatic rings.